The van der Waals surface area contributed by atoms with Crippen LogP contribution in [0.3, 0.4) is 0 Å². The number of hydrogen-bond donors (Lipinski definition) is 1. The van der Waals surface area contributed by atoms with Crippen LogP contribution in [0.1, 0.15) is 32.9 Å². The van der Waals surface area contributed by atoms with Gasteiger partial charge in [0, 0.05) is 24.7 Å². The Bertz CT molecular complexity index is 408. The molecule has 1 aromatic rings. The van der Waals surface area contributed by atoms with Crippen LogP contribution >= 0.6 is 0 Å². The summed E-state index contributed by atoms with van der Waals surface area (Å²) in [5, 5.41) is 10.9. The minimum absolute atomic E-state index is 0.0671. The molecule has 17 heavy (non-hydrogen) atoms. The molecule has 1 atom stereocenters. The smallest absolute Gasteiger partial charge is 0.243 e. The standard InChI is InChI=1S/C12H20N4O/c1-6-11(17)13-9(2)7-12(3,4)10-8-16(5)15-14-10/h6,8-9H,1,7H2,2-5H3,(H,13,17). The molecule has 0 spiro atoms. The number of nitrogens with one attached hydrogen (secondary N) is 1. The lowest BCUT2D eigenvalue weighted by Crippen LogP contribution is -2.36. The number of aromatic nitrogens is 3. The molecule has 0 aromatic carbocycles. The molecule has 0 saturated heterocycles. The summed E-state index contributed by atoms with van der Waals surface area (Å²) in [6, 6.07) is 0.0671. The molecule has 1 heterocycles. The van der Waals surface area contributed by atoms with E-state index >= 15 is 0 Å². The van der Waals surface area contributed by atoms with Crippen LogP contribution in [0.4, 0.5) is 0 Å². The monoisotopic (exact) mass is 236 g/mol. The molecule has 0 fully saturated rings. The Morgan fingerprint density at radius 2 is 2.35 bits per heavy atom. The summed E-state index contributed by atoms with van der Waals surface area (Å²) >= 11 is 0. The van der Waals surface area contributed by atoms with Crippen molar-refractivity contribution in [1.29, 1.82) is 0 Å². The average Bonchev–Trinajstić information content (AvgIpc) is 2.64. The molecule has 5 heteroatoms. The summed E-state index contributed by atoms with van der Waals surface area (Å²) in [4.78, 5) is 11.2. The van der Waals surface area contributed by atoms with Gasteiger partial charge >= 0.3 is 0 Å². The first-order chi connectivity index (χ1) is 7.85. The second-order valence-corrected chi connectivity index (χ2v) is 4.98. The van der Waals surface area contributed by atoms with E-state index in [9.17, 15) is 4.79 Å². The Balaban J connectivity index is 2.66. The quantitative estimate of drug-likeness (QED) is 0.781. The highest BCUT2D eigenvalue weighted by Crippen LogP contribution is 2.26. The van der Waals surface area contributed by atoms with Crippen molar-refractivity contribution in [2.45, 2.75) is 38.6 Å². The highest BCUT2D eigenvalue weighted by molar-refractivity contribution is 5.87. The Kier molecular flexibility index (Phi) is 4.04. The van der Waals surface area contributed by atoms with Crippen molar-refractivity contribution >= 4 is 5.91 Å². The van der Waals surface area contributed by atoms with E-state index < -0.39 is 0 Å². The first-order valence-electron chi connectivity index (χ1n) is 5.65. The third-order valence-corrected chi connectivity index (χ3v) is 2.69. The minimum Gasteiger partial charge on any atom is -0.350 e. The second kappa shape index (κ2) is 5.12. The lowest BCUT2D eigenvalue weighted by atomic mass is 9.83. The Morgan fingerprint density at radius 1 is 1.71 bits per heavy atom. The second-order valence-electron chi connectivity index (χ2n) is 4.98. The number of hydrogen-bond acceptors (Lipinski definition) is 3. The fourth-order valence-corrected chi connectivity index (χ4v) is 1.88. The van der Waals surface area contributed by atoms with Crippen LogP contribution in [0, 0.1) is 0 Å². The number of carbonyl (C=O) groups is 1. The zero-order chi connectivity index (χ0) is 13.1. The summed E-state index contributed by atoms with van der Waals surface area (Å²) in [5.74, 6) is -0.146. The Morgan fingerprint density at radius 3 is 2.82 bits per heavy atom. The van der Waals surface area contributed by atoms with Crippen LogP contribution in [-0.4, -0.2) is 26.9 Å². The van der Waals surface area contributed by atoms with Gasteiger partial charge in [-0.2, -0.15) is 0 Å². The number of nitrogens with zero attached hydrogens (tertiary/aromatic N) is 3. The summed E-state index contributed by atoms with van der Waals surface area (Å²) in [6.45, 7) is 9.59. The Hall–Kier alpha value is -1.65. The summed E-state index contributed by atoms with van der Waals surface area (Å²) in [6.07, 6.45) is 3.99. The molecule has 0 aliphatic carbocycles. The van der Waals surface area contributed by atoms with Crippen LogP contribution in [-0.2, 0) is 17.3 Å². The Labute approximate surface area is 102 Å². The van der Waals surface area contributed by atoms with E-state index in [2.05, 4.69) is 36.1 Å². The van der Waals surface area contributed by atoms with E-state index in [1.165, 1.54) is 6.08 Å². The number of rotatable bonds is 5. The predicted octanol–water partition coefficient (Wildman–Crippen LogP) is 1.17. The normalized spacial score (nSPS) is 13.2. The average molecular weight is 236 g/mol. The van der Waals surface area contributed by atoms with Gasteiger partial charge < -0.3 is 5.32 Å². The third-order valence-electron chi connectivity index (χ3n) is 2.69. The maximum absolute atomic E-state index is 11.2. The molecule has 0 aliphatic rings. The van der Waals surface area contributed by atoms with Crippen molar-refractivity contribution in [3.8, 4) is 0 Å². The van der Waals surface area contributed by atoms with Crippen molar-refractivity contribution in [3.63, 3.8) is 0 Å². The molecule has 1 aromatic heterocycles. The molecule has 0 bridgehead atoms. The summed E-state index contributed by atoms with van der Waals surface area (Å²) < 4.78 is 1.68. The van der Waals surface area contributed by atoms with Crippen molar-refractivity contribution in [3.05, 3.63) is 24.5 Å². The SMILES string of the molecule is C=CC(=O)NC(C)CC(C)(C)c1cn(C)nn1. The van der Waals surface area contributed by atoms with Gasteiger partial charge in [-0.3, -0.25) is 9.48 Å². The predicted molar refractivity (Wildman–Crippen MR) is 66.4 cm³/mol. The zero-order valence-corrected chi connectivity index (χ0v) is 10.9. The van der Waals surface area contributed by atoms with Gasteiger partial charge in [0.2, 0.25) is 5.91 Å². The lowest BCUT2D eigenvalue weighted by Gasteiger charge is -2.26. The van der Waals surface area contributed by atoms with Gasteiger partial charge in [-0.1, -0.05) is 25.6 Å². The topological polar surface area (TPSA) is 59.8 Å². The van der Waals surface area contributed by atoms with Gasteiger partial charge in [0.1, 0.15) is 0 Å². The number of aryl methyl sites for hydroxylation is 1. The fraction of sp³-hybridized carbons (Fsp3) is 0.583. The maximum atomic E-state index is 11.2. The summed E-state index contributed by atoms with van der Waals surface area (Å²) in [7, 11) is 1.84. The first-order valence-corrected chi connectivity index (χ1v) is 5.65. The maximum Gasteiger partial charge on any atom is 0.243 e. The largest absolute Gasteiger partial charge is 0.350 e. The summed E-state index contributed by atoms with van der Waals surface area (Å²) in [5.41, 5.74) is 0.807. The van der Waals surface area contributed by atoms with E-state index in [-0.39, 0.29) is 17.4 Å². The molecular formula is C12H20N4O. The van der Waals surface area contributed by atoms with E-state index in [4.69, 9.17) is 0 Å². The third kappa shape index (κ3) is 3.69. The number of amides is 1. The van der Waals surface area contributed by atoms with Crippen LogP contribution in [0.2, 0.25) is 0 Å². The van der Waals surface area contributed by atoms with Crippen LogP contribution < -0.4 is 5.32 Å². The molecule has 0 aliphatic heterocycles. The van der Waals surface area contributed by atoms with E-state index in [0.717, 1.165) is 12.1 Å². The van der Waals surface area contributed by atoms with Crippen molar-refractivity contribution in [1.82, 2.24) is 20.3 Å². The molecule has 5 nitrogen and oxygen atoms in total. The first kappa shape index (κ1) is 13.4. The molecule has 1 unspecified atom stereocenters. The van der Waals surface area contributed by atoms with E-state index in [1.54, 1.807) is 4.68 Å². The number of carbonyl (C=O) groups excluding carboxylic acids is 1. The lowest BCUT2D eigenvalue weighted by molar-refractivity contribution is -0.117. The van der Waals surface area contributed by atoms with Crippen molar-refractivity contribution < 1.29 is 4.79 Å². The van der Waals surface area contributed by atoms with Gasteiger partial charge in [0.25, 0.3) is 0 Å². The molecule has 0 radical (unpaired) electrons. The molecule has 0 saturated carbocycles. The molecule has 1 rings (SSSR count). The molecular weight excluding hydrogens is 216 g/mol. The van der Waals surface area contributed by atoms with E-state index in [0.29, 0.717) is 0 Å². The van der Waals surface area contributed by atoms with Gasteiger partial charge in [-0.25, -0.2) is 0 Å². The molecule has 1 amide bonds. The fourth-order valence-electron chi connectivity index (χ4n) is 1.88. The minimum atomic E-state index is -0.146. The van der Waals surface area contributed by atoms with Crippen LogP contribution in [0.5, 0.6) is 0 Å². The van der Waals surface area contributed by atoms with Crippen LogP contribution in [0.25, 0.3) is 0 Å². The van der Waals surface area contributed by atoms with Gasteiger partial charge in [0.15, 0.2) is 0 Å². The molecule has 94 valence electrons. The van der Waals surface area contributed by atoms with Crippen molar-refractivity contribution in [2.24, 2.45) is 7.05 Å². The van der Waals surface area contributed by atoms with Gasteiger partial charge in [-0.05, 0) is 19.4 Å². The highest BCUT2D eigenvalue weighted by atomic mass is 16.1. The van der Waals surface area contributed by atoms with Crippen molar-refractivity contribution in [2.75, 3.05) is 0 Å². The van der Waals surface area contributed by atoms with E-state index in [1.807, 2.05) is 20.2 Å². The van der Waals surface area contributed by atoms with Gasteiger partial charge in [0.05, 0.1) is 5.69 Å². The molecule has 1 N–H and O–H groups in total. The van der Waals surface area contributed by atoms with Crippen LogP contribution in [0.15, 0.2) is 18.9 Å². The van der Waals surface area contributed by atoms with Gasteiger partial charge in [-0.15, -0.1) is 5.10 Å². The highest BCUT2D eigenvalue weighted by Gasteiger charge is 2.26. The zero-order valence-electron chi connectivity index (χ0n) is 10.9.